The lowest BCUT2D eigenvalue weighted by Crippen LogP contribution is -2.07. The van der Waals surface area contributed by atoms with Crippen LogP contribution in [0.25, 0.3) is 0 Å². The van der Waals surface area contributed by atoms with Crippen molar-refractivity contribution in [2.24, 2.45) is 0 Å². The number of ether oxygens (including phenoxy) is 2. The summed E-state index contributed by atoms with van der Waals surface area (Å²) in [6, 6.07) is 5.47. The van der Waals surface area contributed by atoms with Crippen LogP contribution in [-0.4, -0.2) is 17.8 Å². The van der Waals surface area contributed by atoms with E-state index in [0.717, 1.165) is 11.3 Å². The predicted octanol–water partition coefficient (Wildman–Crippen LogP) is 2.36. The third kappa shape index (κ3) is 3.44. The maximum Gasteiger partial charge on any atom is 0.161 e. The summed E-state index contributed by atoms with van der Waals surface area (Å²) < 4.78 is 11.0. The molecule has 1 aromatic carbocycles. The zero-order valence-corrected chi connectivity index (χ0v) is 9.49. The van der Waals surface area contributed by atoms with Crippen molar-refractivity contribution in [3.63, 3.8) is 0 Å². The molecule has 1 aromatic rings. The van der Waals surface area contributed by atoms with Crippen molar-refractivity contribution in [1.29, 1.82) is 0 Å². The summed E-state index contributed by atoms with van der Waals surface area (Å²) in [6.45, 7) is 6.46. The summed E-state index contributed by atoms with van der Waals surface area (Å²) in [5.41, 5.74) is 0.828. The number of aliphatic hydroxyl groups excluding tert-OH is 1. The average Bonchev–Trinajstić information content (AvgIpc) is 2.20. The van der Waals surface area contributed by atoms with Crippen LogP contribution < -0.4 is 9.47 Å². The van der Waals surface area contributed by atoms with E-state index >= 15 is 0 Å². The number of hydrogen-bond acceptors (Lipinski definition) is 3. The second kappa shape index (κ2) is 5.61. The molecule has 3 heteroatoms. The summed E-state index contributed by atoms with van der Waals surface area (Å²) in [7, 11) is 0. The maximum atomic E-state index is 9.01. The Kier molecular flexibility index (Phi) is 4.43. The molecule has 0 atom stereocenters. The molecular weight excluding hydrogens is 192 g/mol. The van der Waals surface area contributed by atoms with Gasteiger partial charge < -0.3 is 14.6 Å². The van der Waals surface area contributed by atoms with Gasteiger partial charge in [0.05, 0.1) is 19.3 Å². The minimum absolute atomic E-state index is 0.0159. The number of benzene rings is 1. The first-order valence-corrected chi connectivity index (χ1v) is 5.20. The Hall–Kier alpha value is -1.22. The second-order valence-electron chi connectivity index (χ2n) is 3.54. The SMILES string of the molecule is CCOc1cc(CO)ccc1OC(C)C. The molecule has 0 spiro atoms. The highest BCUT2D eigenvalue weighted by Crippen LogP contribution is 2.29. The lowest BCUT2D eigenvalue weighted by molar-refractivity contribution is 0.223. The molecule has 0 aromatic heterocycles. The van der Waals surface area contributed by atoms with Crippen molar-refractivity contribution in [2.75, 3.05) is 6.61 Å². The molecule has 84 valence electrons. The fourth-order valence-electron chi connectivity index (χ4n) is 1.27. The molecule has 1 N–H and O–H groups in total. The van der Waals surface area contributed by atoms with E-state index in [4.69, 9.17) is 14.6 Å². The fourth-order valence-corrected chi connectivity index (χ4v) is 1.27. The smallest absolute Gasteiger partial charge is 0.161 e. The largest absolute Gasteiger partial charge is 0.490 e. The zero-order valence-electron chi connectivity index (χ0n) is 9.49. The van der Waals surface area contributed by atoms with Gasteiger partial charge >= 0.3 is 0 Å². The van der Waals surface area contributed by atoms with Crippen LogP contribution in [0.4, 0.5) is 0 Å². The Bertz CT molecular complexity index is 308. The van der Waals surface area contributed by atoms with E-state index in [-0.39, 0.29) is 12.7 Å². The standard InChI is InChI=1S/C12H18O3/c1-4-14-12-7-10(8-13)5-6-11(12)15-9(2)3/h5-7,9,13H,4,8H2,1-3H3. The Morgan fingerprint density at radius 3 is 2.53 bits per heavy atom. The summed E-state index contributed by atoms with van der Waals surface area (Å²) >= 11 is 0. The quantitative estimate of drug-likeness (QED) is 0.810. The predicted molar refractivity (Wildman–Crippen MR) is 59.3 cm³/mol. The van der Waals surface area contributed by atoms with Gasteiger partial charge in [-0.3, -0.25) is 0 Å². The summed E-state index contributed by atoms with van der Waals surface area (Å²) in [4.78, 5) is 0. The topological polar surface area (TPSA) is 38.7 Å². The first-order chi connectivity index (χ1) is 7.17. The summed E-state index contributed by atoms with van der Waals surface area (Å²) in [5, 5.41) is 9.01. The number of rotatable bonds is 5. The molecule has 0 saturated heterocycles. The van der Waals surface area contributed by atoms with Crippen LogP contribution in [0.5, 0.6) is 11.5 Å². The molecule has 0 aliphatic carbocycles. The maximum absolute atomic E-state index is 9.01. The molecular formula is C12H18O3. The van der Waals surface area contributed by atoms with Crippen LogP contribution in [0, 0.1) is 0 Å². The zero-order chi connectivity index (χ0) is 11.3. The van der Waals surface area contributed by atoms with Gasteiger partial charge in [0.1, 0.15) is 0 Å². The lowest BCUT2D eigenvalue weighted by atomic mass is 10.2. The van der Waals surface area contributed by atoms with E-state index in [1.807, 2.05) is 32.9 Å². The van der Waals surface area contributed by atoms with Crippen LogP contribution in [0.3, 0.4) is 0 Å². The van der Waals surface area contributed by atoms with Crippen molar-refractivity contribution in [3.8, 4) is 11.5 Å². The summed E-state index contributed by atoms with van der Waals surface area (Å²) in [6.07, 6.45) is 0.115. The summed E-state index contributed by atoms with van der Waals surface area (Å²) in [5.74, 6) is 1.42. The average molecular weight is 210 g/mol. The van der Waals surface area contributed by atoms with Gasteiger partial charge in [0, 0.05) is 0 Å². The molecule has 0 unspecified atom stereocenters. The molecule has 0 aliphatic rings. The Labute approximate surface area is 90.6 Å². The van der Waals surface area contributed by atoms with Gasteiger partial charge in [0.15, 0.2) is 11.5 Å². The highest BCUT2D eigenvalue weighted by Gasteiger charge is 2.07. The van der Waals surface area contributed by atoms with E-state index in [1.165, 1.54) is 0 Å². The van der Waals surface area contributed by atoms with Gasteiger partial charge in [0.2, 0.25) is 0 Å². The van der Waals surface area contributed by atoms with Crippen molar-refractivity contribution in [2.45, 2.75) is 33.5 Å². The molecule has 0 fully saturated rings. The van der Waals surface area contributed by atoms with Crippen LogP contribution in [0.15, 0.2) is 18.2 Å². The van der Waals surface area contributed by atoms with Crippen LogP contribution in [-0.2, 0) is 6.61 Å². The van der Waals surface area contributed by atoms with Crippen LogP contribution in [0.1, 0.15) is 26.3 Å². The minimum atomic E-state index is 0.0159. The van der Waals surface area contributed by atoms with Gasteiger partial charge in [-0.05, 0) is 38.5 Å². The van der Waals surface area contributed by atoms with Crippen LogP contribution in [0.2, 0.25) is 0 Å². The Morgan fingerprint density at radius 1 is 1.27 bits per heavy atom. The highest BCUT2D eigenvalue weighted by molar-refractivity contribution is 5.42. The molecule has 0 saturated carbocycles. The number of hydrogen-bond donors (Lipinski definition) is 1. The van der Waals surface area contributed by atoms with Gasteiger partial charge in [-0.15, -0.1) is 0 Å². The van der Waals surface area contributed by atoms with Crippen molar-refractivity contribution < 1.29 is 14.6 Å². The molecule has 0 radical (unpaired) electrons. The molecule has 15 heavy (non-hydrogen) atoms. The highest BCUT2D eigenvalue weighted by atomic mass is 16.5. The van der Waals surface area contributed by atoms with E-state index in [1.54, 1.807) is 6.07 Å². The molecule has 0 heterocycles. The first-order valence-electron chi connectivity index (χ1n) is 5.20. The Balaban J connectivity index is 2.92. The number of aliphatic hydroxyl groups is 1. The lowest BCUT2D eigenvalue weighted by Gasteiger charge is -2.15. The van der Waals surface area contributed by atoms with E-state index < -0.39 is 0 Å². The van der Waals surface area contributed by atoms with E-state index in [2.05, 4.69) is 0 Å². The van der Waals surface area contributed by atoms with Crippen molar-refractivity contribution in [3.05, 3.63) is 23.8 Å². The van der Waals surface area contributed by atoms with Gasteiger partial charge in [-0.2, -0.15) is 0 Å². The van der Waals surface area contributed by atoms with E-state index in [0.29, 0.717) is 12.4 Å². The molecule has 0 bridgehead atoms. The fraction of sp³-hybridized carbons (Fsp3) is 0.500. The molecule has 0 aliphatic heterocycles. The Morgan fingerprint density at radius 2 is 2.00 bits per heavy atom. The van der Waals surface area contributed by atoms with Gasteiger partial charge in [-0.25, -0.2) is 0 Å². The van der Waals surface area contributed by atoms with E-state index in [9.17, 15) is 0 Å². The van der Waals surface area contributed by atoms with Crippen molar-refractivity contribution >= 4 is 0 Å². The third-order valence-electron chi connectivity index (χ3n) is 1.85. The monoisotopic (exact) mass is 210 g/mol. The molecule has 0 amide bonds. The normalized spacial score (nSPS) is 10.5. The molecule has 3 nitrogen and oxygen atoms in total. The van der Waals surface area contributed by atoms with Gasteiger partial charge in [-0.1, -0.05) is 6.07 Å². The third-order valence-corrected chi connectivity index (χ3v) is 1.85. The molecule has 1 rings (SSSR count). The first kappa shape index (κ1) is 11.9. The minimum Gasteiger partial charge on any atom is -0.490 e. The van der Waals surface area contributed by atoms with Crippen molar-refractivity contribution in [1.82, 2.24) is 0 Å². The van der Waals surface area contributed by atoms with Gasteiger partial charge in [0.25, 0.3) is 0 Å². The second-order valence-corrected chi connectivity index (χ2v) is 3.54. The van der Waals surface area contributed by atoms with Crippen LogP contribution >= 0.6 is 0 Å².